The van der Waals surface area contributed by atoms with E-state index in [1.54, 1.807) is 24.6 Å². The molecule has 1 aliphatic heterocycles. The van der Waals surface area contributed by atoms with E-state index in [1.807, 2.05) is 24.0 Å². The molecule has 25 heavy (non-hydrogen) atoms. The molecule has 0 saturated carbocycles. The lowest BCUT2D eigenvalue weighted by molar-refractivity contribution is 0.0546. The van der Waals surface area contributed by atoms with E-state index >= 15 is 0 Å². The van der Waals surface area contributed by atoms with Gasteiger partial charge in [0.25, 0.3) is 5.91 Å². The predicted octanol–water partition coefficient (Wildman–Crippen LogP) is 2.81. The van der Waals surface area contributed by atoms with Crippen molar-refractivity contribution >= 4 is 5.91 Å². The first-order chi connectivity index (χ1) is 12.2. The second kappa shape index (κ2) is 8.16. The van der Waals surface area contributed by atoms with Crippen molar-refractivity contribution in [3.05, 3.63) is 48.0 Å². The van der Waals surface area contributed by atoms with Crippen molar-refractivity contribution in [2.24, 2.45) is 0 Å². The Morgan fingerprint density at radius 1 is 1.36 bits per heavy atom. The van der Waals surface area contributed by atoms with E-state index in [0.29, 0.717) is 24.6 Å². The van der Waals surface area contributed by atoms with Gasteiger partial charge in [-0.1, -0.05) is 0 Å². The van der Waals surface area contributed by atoms with Crippen molar-refractivity contribution in [2.45, 2.75) is 32.4 Å². The summed E-state index contributed by atoms with van der Waals surface area (Å²) in [4.78, 5) is 21.7. The highest BCUT2D eigenvalue weighted by atomic mass is 16.5. The quantitative estimate of drug-likeness (QED) is 0.807. The minimum absolute atomic E-state index is 0.0532. The Hall–Kier alpha value is -2.34. The summed E-state index contributed by atoms with van der Waals surface area (Å²) in [5.41, 5.74) is 0.509. The van der Waals surface area contributed by atoms with Gasteiger partial charge in [0.15, 0.2) is 0 Å². The first-order valence-electron chi connectivity index (χ1n) is 8.78. The fraction of sp³-hybridized carbons (Fsp3) is 0.474. The van der Waals surface area contributed by atoms with Crippen LogP contribution in [-0.4, -0.2) is 53.5 Å². The molecule has 134 valence electrons. The van der Waals surface area contributed by atoms with Crippen LogP contribution in [0.4, 0.5) is 0 Å². The highest BCUT2D eigenvalue weighted by Crippen LogP contribution is 2.24. The van der Waals surface area contributed by atoms with Gasteiger partial charge in [0.1, 0.15) is 11.3 Å². The Labute approximate surface area is 148 Å². The number of amides is 1. The molecule has 1 aliphatic rings. The van der Waals surface area contributed by atoms with E-state index in [0.717, 1.165) is 31.7 Å². The lowest BCUT2D eigenvalue weighted by Crippen LogP contribution is -2.46. The largest absolute Gasteiger partial charge is 0.477 e. The fourth-order valence-corrected chi connectivity index (χ4v) is 3.20. The number of piperidine rings is 1. The molecule has 1 amide bonds. The Bertz CT molecular complexity index is 679. The van der Waals surface area contributed by atoms with Gasteiger partial charge in [0.2, 0.25) is 5.88 Å². The molecule has 1 fully saturated rings. The number of hydrogen-bond acceptors (Lipinski definition) is 5. The van der Waals surface area contributed by atoms with E-state index in [4.69, 9.17) is 9.15 Å². The number of furan rings is 1. The molecule has 0 radical (unpaired) electrons. The van der Waals surface area contributed by atoms with Gasteiger partial charge in [0, 0.05) is 12.2 Å². The molecule has 3 rings (SSSR count). The molecule has 0 bridgehead atoms. The Balaban J connectivity index is 1.86. The molecule has 0 atom stereocenters. The summed E-state index contributed by atoms with van der Waals surface area (Å²) in [5.74, 6) is 1.13. The summed E-state index contributed by atoms with van der Waals surface area (Å²) in [6, 6.07) is 7.49. The highest BCUT2D eigenvalue weighted by Gasteiger charge is 2.30. The lowest BCUT2D eigenvalue weighted by Gasteiger charge is -2.37. The van der Waals surface area contributed by atoms with Gasteiger partial charge < -0.3 is 19.0 Å². The van der Waals surface area contributed by atoms with Gasteiger partial charge in [-0.2, -0.15) is 0 Å². The molecule has 0 N–H and O–H groups in total. The summed E-state index contributed by atoms with van der Waals surface area (Å²) in [5, 5.41) is 0. The van der Waals surface area contributed by atoms with Gasteiger partial charge in [-0.05, 0) is 64.2 Å². The smallest absolute Gasteiger partial charge is 0.260 e. The van der Waals surface area contributed by atoms with Crippen LogP contribution in [0.3, 0.4) is 0 Å². The molecular weight excluding hydrogens is 318 g/mol. The molecule has 6 heteroatoms. The summed E-state index contributed by atoms with van der Waals surface area (Å²) in [6.07, 6.45) is 5.19. The Kier molecular flexibility index (Phi) is 5.71. The number of nitrogens with zero attached hydrogens (tertiary/aromatic N) is 3. The van der Waals surface area contributed by atoms with Crippen molar-refractivity contribution in [1.29, 1.82) is 0 Å². The fourth-order valence-electron chi connectivity index (χ4n) is 3.20. The van der Waals surface area contributed by atoms with E-state index < -0.39 is 0 Å². The molecular formula is C19H25N3O3. The first-order valence-corrected chi connectivity index (χ1v) is 8.78. The van der Waals surface area contributed by atoms with Crippen LogP contribution in [0.5, 0.6) is 5.88 Å². The lowest BCUT2D eigenvalue weighted by atomic mass is 10.0. The first kappa shape index (κ1) is 17.5. The van der Waals surface area contributed by atoms with Crippen LogP contribution in [0.25, 0.3) is 0 Å². The standard InChI is InChI=1S/C19H25N3O3/c1-3-24-18-17(7-4-10-20-18)19(23)22(14-16-6-5-13-25-16)15-8-11-21(2)12-9-15/h4-7,10,13,15H,3,8-9,11-12,14H2,1-2H3. The molecule has 0 spiro atoms. The number of likely N-dealkylation sites (tertiary alicyclic amines) is 1. The van der Waals surface area contributed by atoms with Gasteiger partial charge >= 0.3 is 0 Å². The predicted molar refractivity (Wildman–Crippen MR) is 94.5 cm³/mol. The van der Waals surface area contributed by atoms with Gasteiger partial charge in [0.05, 0.1) is 19.4 Å². The third kappa shape index (κ3) is 4.20. The molecule has 3 heterocycles. The topological polar surface area (TPSA) is 58.8 Å². The molecule has 1 saturated heterocycles. The SMILES string of the molecule is CCOc1ncccc1C(=O)N(Cc1ccco1)C1CCN(C)CC1. The average Bonchev–Trinajstić information content (AvgIpc) is 3.14. The zero-order valence-corrected chi connectivity index (χ0v) is 14.9. The van der Waals surface area contributed by atoms with Crippen LogP contribution in [0.1, 0.15) is 35.9 Å². The molecule has 2 aromatic rings. The van der Waals surface area contributed by atoms with Crippen LogP contribution in [0, 0.1) is 0 Å². The van der Waals surface area contributed by atoms with Gasteiger partial charge in [-0.3, -0.25) is 4.79 Å². The molecule has 0 aliphatic carbocycles. The zero-order chi connectivity index (χ0) is 17.6. The summed E-state index contributed by atoms with van der Waals surface area (Å²) < 4.78 is 11.0. The second-order valence-electron chi connectivity index (χ2n) is 6.34. The van der Waals surface area contributed by atoms with E-state index in [9.17, 15) is 4.79 Å². The van der Waals surface area contributed by atoms with E-state index in [1.165, 1.54) is 0 Å². The average molecular weight is 343 g/mol. The maximum atomic E-state index is 13.3. The van der Waals surface area contributed by atoms with Crippen LogP contribution < -0.4 is 4.74 Å². The maximum Gasteiger partial charge on any atom is 0.260 e. The maximum absolute atomic E-state index is 13.3. The van der Waals surface area contributed by atoms with E-state index in [-0.39, 0.29) is 11.9 Å². The Morgan fingerprint density at radius 2 is 2.16 bits per heavy atom. The van der Waals surface area contributed by atoms with Crippen LogP contribution >= 0.6 is 0 Å². The monoisotopic (exact) mass is 343 g/mol. The highest BCUT2D eigenvalue weighted by molar-refractivity contribution is 5.96. The normalized spacial score (nSPS) is 15.9. The van der Waals surface area contributed by atoms with Gasteiger partial charge in [-0.25, -0.2) is 4.98 Å². The van der Waals surface area contributed by atoms with Crippen LogP contribution in [0.2, 0.25) is 0 Å². The zero-order valence-electron chi connectivity index (χ0n) is 14.9. The number of ether oxygens (including phenoxy) is 1. The molecule has 6 nitrogen and oxygen atoms in total. The number of carbonyl (C=O) groups is 1. The van der Waals surface area contributed by atoms with Crippen molar-refractivity contribution in [2.75, 3.05) is 26.7 Å². The third-order valence-corrected chi connectivity index (χ3v) is 4.58. The summed E-state index contributed by atoms with van der Waals surface area (Å²) >= 11 is 0. The van der Waals surface area contributed by atoms with Crippen LogP contribution in [-0.2, 0) is 6.54 Å². The van der Waals surface area contributed by atoms with Gasteiger partial charge in [-0.15, -0.1) is 0 Å². The number of carbonyl (C=O) groups excluding carboxylic acids is 1. The molecule has 2 aromatic heterocycles. The van der Waals surface area contributed by atoms with Crippen molar-refractivity contribution in [1.82, 2.24) is 14.8 Å². The third-order valence-electron chi connectivity index (χ3n) is 4.58. The molecule has 0 aromatic carbocycles. The van der Waals surface area contributed by atoms with E-state index in [2.05, 4.69) is 16.9 Å². The van der Waals surface area contributed by atoms with Crippen LogP contribution in [0.15, 0.2) is 41.1 Å². The number of pyridine rings is 1. The van der Waals surface area contributed by atoms with Crippen molar-refractivity contribution < 1.29 is 13.9 Å². The minimum Gasteiger partial charge on any atom is -0.477 e. The summed E-state index contributed by atoms with van der Waals surface area (Å²) in [7, 11) is 2.11. The number of rotatable bonds is 6. The number of hydrogen-bond donors (Lipinski definition) is 0. The van der Waals surface area contributed by atoms with Crippen molar-refractivity contribution in [3.8, 4) is 5.88 Å². The number of aromatic nitrogens is 1. The second-order valence-corrected chi connectivity index (χ2v) is 6.34. The van der Waals surface area contributed by atoms with Crippen molar-refractivity contribution in [3.63, 3.8) is 0 Å². The minimum atomic E-state index is -0.0532. The molecule has 0 unspecified atom stereocenters. The summed E-state index contributed by atoms with van der Waals surface area (Å²) in [6.45, 7) is 4.79. The Morgan fingerprint density at radius 3 is 2.84 bits per heavy atom.